The summed E-state index contributed by atoms with van der Waals surface area (Å²) >= 11 is 3.11. The van der Waals surface area contributed by atoms with Crippen LogP contribution < -0.4 is 4.90 Å². The van der Waals surface area contributed by atoms with Crippen LogP contribution in [0.25, 0.3) is 0 Å². The van der Waals surface area contributed by atoms with E-state index in [1.54, 1.807) is 11.0 Å². The molecule has 1 aliphatic rings. The number of hydrogen-bond acceptors (Lipinski definition) is 4. The second-order valence-electron chi connectivity index (χ2n) is 4.96. The lowest BCUT2D eigenvalue weighted by atomic mass is 10.0. The SMILES string of the molecule is O=C(OCC(=O)N1CCCc2ccccc21)c1ccc(Br)o1. The maximum atomic E-state index is 12.3. The number of fused-ring (bicyclic) bond motifs is 1. The van der Waals surface area contributed by atoms with Crippen LogP contribution in [-0.4, -0.2) is 25.0 Å². The molecule has 0 bridgehead atoms. The number of esters is 1. The molecule has 1 amide bonds. The smallest absolute Gasteiger partial charge is 0.374 e. The Morgan fingerprint density at radius 1 is 1.23 bits per heavy atom. The highest BCUT2D eigenvalue weighted by Crippen LogP contribution is 2.26. The molecule has 0 N–H and O–H groups in total. The Morgan fingerprint density at radius 2 is 2.05 bits per heavy atom. The third-order valence-electron chi connectivity index (χ3n) is 3.51. The van der Waals surface area contributed by atoms with Gasteiger partial charge in [0, 0.05) is 12.2 Å². The van der Waals surface area contributed by atoms with Crippen molar-refractivity contribution in [1.82, 2.24) is 0 Å². The number of rotatable bonds is 3. The second kappa shape index (κ2) is 6.36. The van der Waals surface area contributed by atoms with Gasteiger partial charge in [0.2, 0.25) is 5.76 Å². The quantitative estimate of drug-likeness (QED) is 0.785. The van der Waals surface area contributed by atoms with E-state index >= 15 is 0 Å². The number of para-hydroxylation sites is 1. The average molecular weight is 364 g/mol. The van der Waals surface area contributed by atoms with Gasteiger partial charge in [-0.15, -0.1) is 0 Å². The van der Waals surface area contributed by atoms with E-state index in [1.807, 2.05) is 24.3 Å². The molecule has 1 aliphatic heterocycles. The number of anilines is 1. The van der Waals surface area contributed by atoms with Crippen LogP contribution in [0.4, 0.5) is 5.69 Å². The summed E-state index contributed by atoms with van der Waals surface area (Å²) in [7, 11) is 0. The molecular formula is C16H14BrNO4. The molecule has 0 aliphatic carbocycles. The molecule has 0 saturated heterocycles. The van der Waals surface area contributed by atoms with Crippen molar-refractivity contribution >= 4 is 33.5 Å². The van der Waals surface area contributed by atoms with Crippen molar-refractivity contribution < 1.29 is 18.7 Å². The van der Waals surface area contributed by atoms with Crippen LogP contribution in [0.5, 0.6) is 0 Å². The van der Waals surface area contributed by atoms with Gasteiger partial charge in [-0.3, -0.25) is 4.79 Å². The number of amides is 1. The molecule has 0 radical (unpaired) electrons. The minimum Gasteiger partial charge on any atom is -0.450 e. The summed E-state index contributed by atoms with van der Waals surface area (Å²) in [6.07, 6.45) is 1.86. The van der Waals surface area contributed by atoms with Gasteiger partial charge >= 0.3 is 5.97 Å². The zero-order valence-corrected chi connectivity index (χ0v) is 13.3. The maximum absolute atomic E-state index is 12.3. The van der Waals surface area contributed by atoms with Crippen molar-refractivity contribution in [2.24, 2.45) is 0 Å². The van der Waals surface area contributed by atoms with E-state index in [4.69, 9.17) is 9.15 Å². The minimum absolute atomic E-state index is 0.0683. The lowest BCUT2D eigenvalue weighted by Gasteiger charge is -2.29. The highest BCUT2D eigenvalue weighted by molar-refractivity contribution is 9.10. The molecule has 6 heteroatoms. The maximum Gasteiger partial charge on any atom is 0.374 e. The fraction of sp³-hybridized carbons (Fsp3) is 0.250. The van der Waals surface area contributed by atoms with E-state index < -0.39 is 5.97 Å². The number of furan rings is 1. The molecule has 5 nitrogen and oxygen atoms in total. The standard InChI is InChI=1S/C16H14BrNO4/c17-14-8-7-13(22-14)16(20)21-10-15(19)18-9-3-5-11-4-1-2-6-12(11)18/h1-2,4,6-8H,3,5,9-10H2. The van der Waals surface area contributed by atoms with Crippen LogP contribution in [0.3, 0.4) is 0 Å². The van der Waals surface area contributed by atoms with E-state index in [2.05, 4.69) is 15.9 Å². The predicted molar refractivity (Wildman–Crippen MR) is 83.8 cm³/mol. The fourth-order valence-electron chi connectivity index (χ4n) is 2.49. The van der Waals surface area contributed by atoms with Gasteiger partial charge in [0.05, 0.1) is 0 Å². The van der Waals surface area contributed by atoms with Gasteiger partial charge in [-0.1, -0.05) is 18.2 Å². The molecule has 0 spiro atoms. The van der Waals surface area contributed by atoms with Crippen LogP contribution in [0.15, 0.2) is 45.5 Å². The van der Waals surface area contributed by atoms with Crippen molar-refractivity contribution in [2.75, 3.05) is 18.1 Å². The number of halogens is 1. The van der Waals surface area contributed by atoms with E-state index in [9.17, 15) is 9.59 Å². The molecule has 22 heavy (non-hydrogen) atoms. The number of nitrogens with zero attached hydrogens (tertiary/aromatic N) is 1. The van der Waals surface area contributed by atoms with Crippen molar-refractivity contribution in [1.29, 1.82) is 0 Å². The van der Waals surface area contributed by atoms with Gasteiger partial charge in [0.25, 0.3) is 5.91 Å². The highest BCUT2D eigenvalue weighted by Gasteiger charge is 2.23. The first kappa shape index (κ1) is 14.8. The van der Waals surface area contributed by atoms with Crippen LogP contribution in [-0.2, 0) is 16.0 Å². The number of carbonyl (C=O) groups is 2. The van der Waals surface area contributed by atoms with E-state index in [0.29, 0.717) is 11.2 Å². The molecule has 1 aromatic carbocycles. The van der Waals surface area contributed by atoms with Crippen LogP contribution >= 0.6 is 15.9 Å². The summed E-state index contributed by atoms with van der Waals surface area (Å²) in [4.78, 5) is 25.8. The van der Waals surface area contributed by atoms with Crippen molar-refractivity contribution in [3.05, 3.63) is 52.4 Å². The van der Waals surface area contributed by atoms with E-state index in [0.717, 1.165) is 24.1 Å². The summed E-state index contributed by atoms with van der Waals surface area (Å²) < 4.78 is 10.6. The van der Waals surface area contributed by atoms with Gasteiger partial charge in [0.15, 0.2) is 11.3 Å². The van der Waals surface area contributed by atoms with Crippen LogP contribution in [0, 0.1) is 0 Å². The van der Waals surface area contributed by atoms with Gasteiger partial charge in [0.1, 0.15) is 0 Å². The minimum atomic E-state index is -0.649. The Labute approximate surface area is 136 Å². The topological polar surface area (TPSA) is 59.8 Å². The van der Waals surface area contributed by atoms with Gasteiger partial charge in [-0.05, 0) is 52.5 Å². The zero-order chi connectivity index (χ0) is 15.5. The van der Waals surface area contributed by atoms with E-state index in [-0.39, 0.29) is 18.3 Å². The molecule has 0 atom stereocenters. The zero-order valence-electron chi connectivity index (χ0n) is 11.8. The molecule has 114 valence electrons. The monoisotopic (exact) mass is 363 g/mol. The number of ether oxygens (including phenoxy) is 1. The third-order valence-corrected chi connectivity index (χ3v) is 3.94. The number of aryl methyl sites for hydroxylation is 1. The molecule has 1 aromatic heterocycles. The first-order chi connectivity index (χ1) is 10.6. The van der Waals surface area contributed by atoms with Gasteiger partial charge in [-0.25, -0.2) is 4.79 Å². The molecule has 2 aromatic rings. The average Bonchev–Trinajstić information content (AvgIpc) is 2.98. The fourth-order valence-corrected chi connectivity index (χ4v) is 2.80. The second-order valence-corrected chi connectivity index (χ2v) is 5.74. The lowest BCUT2D eigenvalue weighted by Crippen LogP contribution is -2.38. The highest BCUT2D eigenvalue weighted by atomic mass is 79.9. The summed E-state index contributed by atoms with van der Waals surface area (Å²) in [5.41, 5.74) is 2.04. The van der Waals surface area contributed by atoms with E-state index in [1.165, 1.54) is 6.07 Å². The summed E-state index contributed by atoms with van der Waals surface area (Å²) in [6, 6.07) is 10.9. The number of hydrogen-bond donors (Lipinski definition) is 0. The van der Waals surface area contributed by atoms with Gasteiger partial charge < -0.3 is 14.1 Å². The molecule has 3 rings (SSSR count). The van der Waals surface area contributed by atoms with Crippen molar-refractivity contribution in [2.45, 2.75) is 12.8 Å². The molecule has 0 unspecified atom stereocenters. The summed E-state index contributed by atoms with van der Waals surface area (Å²) in [6.45, 7) is 0.338. The Bertz CT molecular complexity index is 710. The van der Waals surface area contributed by atoms with Crippen LogP contribution in [0.1, 0.15) is 22.5 Å². The largest absolute Gasteiger partial charge is 0.450 e. The lowest BCUT2D eigenvalue weighted by molar-refractivity contribution is -0.121. The molecule has 2 heterocycles. The Hall–Kier alpha value is -2.08. The van der Waals surface area contributed by atoms with Crippen molar-refractivity contribution in [3.63, 3.8) is 0 Å². The van der Waals surface area contributed by atoms with Crippen molar-refractivity contribution in [3.8, 4) is 0 Å². The predicted octanol–water partition coefficient (Wildman–Crippen LogP) is 3.18. The summed E-state index contributed by atoms with van der Waals surface area (Å²) in [5.74, 6) is -0.811. The Morgan fingerprint density at radius 3 is 2.82 bits per heavy atom. The third kappa shape index (κ3) is 3.06. The molecule has 0 saturated carbocycles. The van der Waals surface area contributed by atoms with Crippen LogP contribution in [0.2, 0.25) is 0 Å². The molecular weight excluding hydrogens is 350 g/mol. The Balaban J connectivity index is 1.65. The van der Waals surface area contributed by atoms with Gasteiger partial charge in [-0.2, -0.15) is 0 Å². The normalized spacial score (nSPS) is 13.6. The number of carbonyl (C=O) groups excluding carboxylic acids is 2. The Kier molecular flexibility index (Phi) is 4.29. The summed E-state index contributed by atoms with van der Waals surface area (Å²) in [5, 5.41) is 0. The number of benzene rings is 1. The molecule has 0 fully saturated rings. The first-order valence-electron chi connectivity index (χ1n) is 6.96. The first-order valence-corrected chi connectivity index (χ1v) is 7.75.